The number of hydrogen-bond acceptors (Lipinski definition) is 6. The number of halogens is 1. The number of ether oxygens (including phenoxy) is 2. The summed E-state index contributed by atoms with van der Waals surface area (Å²) in [7, 11) is 0. The molecule has 1 aliphatic carbocycles. The van der Waals surface area contributed by atoms with Crippen LogP contribution in [0.15, 0.2) is 52.4 Å². The third-order valence-electron chi connectivity index (χ3n) is 5.95. The van der Waals surface area contributed by atoms with Gasteiger partial charge in [0.1, 0.15) is 11.6 Å². The zero-order chi connectivity index (χ0) is 24.1. The second kappa shape index (κ2) is 10.8. The summed E-state index contributed by atoms with van der Waals surface area (Å²) >= 11 is 6.38. The standard InChI is InChI=1S/C26H28ClN3O4/c1-3-33-26(32)17(2)34-23-14-13-18(15-21(23)27)16-28-30-24(19-9-5-4-6-10-19)29-22-12-8-7-11-20(22)25(30)31/h7-8,11-17,19H,3-6,9-10H2,1-2H3/t17-/m0/s1. The molecule has 1 saturated carbocycles. The number of rotatable bonds is 7. The first kappa shape index (κ1) is 24.0. The van der Waals surface area contributed by atoms with E-state index in [1.807, 2.05) is 18.2 Å². The Balaban J connectivity index is 1.64. The summed E-state index contributed by atoms with van der Waals surface area (Å²) in [4.78, 5) is 29.9. The van der Waals surface area contributed by atoms with E-state index in [0.717, 1.165) is 25.7 Å². The van der Waals surface area contributed by atoms with E-state index < -0.39 is 12.1 Å². The molecule has 3 aromatic rings. The van der Waals surface area contributed by atoms with Crippen molar-refractivity contribution in [3.63, 3.8) is 0 Å². The summed E-state index contributed by atoms with van der Waals surface area (Å²) < 4.78 is 12.0. The molecular formula is C26H28ClN3O4. The van der Waals surface area contributed by atoms with E-state index in [4.69, 9.17) is 26.1 Å². The third-order valence-corrected chi connectivity index (χ3v) is 6.25. The highest BCUT2D eigenvalue weighted by atomic mass is 35.5. The van der Waals surface area contributed by atoms with Gasteiger partial charge in [0.15, 0.2) is 6.10 Å². The fraction of sp³-hybridized carbons (Fsp3) is 0.385. The highest BCUT2D eigenvalue weighted by Gasteiger charge is 2.22. The van der Waals surface area contributed by atoms with E-state index >= 15 is 0 Å². The van der Waals surface area contributed by atoms with Crippen molar-refractivity contribution in [1.82, 2.24) is 9.66 Å². The van der Waals surface area contributed by atoms with Gasteiger partial charge in [-0.1, -0.05) is 43.0 Å². The molecule has 0 spiro atoms. The fourth-order valence-corrected chi connectivity index (χ4v) is 4.43. The molecule has 7 nitrogen and oxygen atoms in total. The first-order valence-electron chi connectivity index (χ1n) is 11.7. The van der Waals surface area contributed by atoms with Gasteiger partial charge >= 0.3 is 5.97 Å². The van der Waals surface area contributed by atoms with Gasteiger partial charge < -0.3 is 9.47 Å². The zero-order valence-electron chi connectivity index (χ0n) is 19.4. The molecule has 0 aliphatic heterocycles. The first-order valence-corrected chi connectivity index (χ1v) is 12.0. The Kier molecular flexibility index (Phi) is 7.63. The summed E-state index contributed by atoms with van der Waals surface area (Å²) in [5.41, 5.74) is 1.20. The molecule has 4 rings (SSSR count). The number of benzene rings is 2. The predicted molar refractivity (Wildman–Crippen MR) is 133 cm³/mol. The molecule has 0 amide bonds. The van der Waals surface area contributed by atoms with Crippen molar-refractivity contribution in [3.8, 4) is 5.75 Å². The Morgan fingerprint density at radius 2 is 2.00 bits per heavy atom. The summed E-state index contributed by atoms with van der Waals surface area (Å²) in [6.45, 7) is 3.62. The number of carbonyl (C=O) groups is 1. The lowest BCUT2D eigenvalue weighted by Crippen LogP contribution is -2.26. The van der Waals surface area contributed by atoms with Crippen molar-refractivity contribution in [2.75, 3.05) is 6.61 Å². The minimum atomic E-state index is -0.780. The van der Waals surface area contributed by atoms with Gasteiger partial charge in [-0.15, -0.1) is 0 Å². The molecule has 34 heavy (non-hydrogen) atoms. The first-order chi connectivity index (χ1) is 16.5. The van der Waals surface area contributed by atoms with Crippen LogP contribution in [0.25, 0.3) is 10.9 Å². The van der Waals surface area contributed by atoms with Crippen LogP contribution in [0, 0.1) is 0 Å². The molecular weight excluding hydrogens is 454 g/mol. The molecule has 1 aromatic heterocycles. The zero-order valence-corrected chi connectivity index (χ0v) is 20.1. The minimum Gasteiger partial charge on any atom is -0.477 e. The monoisotopic (exact) mass is 481 g/mol. The van der Waals surface area contributed by atoms with Crippen LogP contribution in [0.2, 0.25) is 5.02 Å². The van der Waals surface area contributed by atoms with Gasteiger partial charge in [0.05, 0.1) is 28.7 Å². The molecule has 0 N–H and O–H groups in total. The van der Waals surface area contributed by atoms with Crippen molar-refractivity contribution in [1.29, 1.82) is 0 Å². The Hall–Kier alpha value is -3.19. The van der Waals surface area contributed by atoms with Gasteiger partial charge in [-0.25, -0.2) is 9.78 Å². The summed E-state index contributed by atoms with van der Waals surface area (Å²) in [6.07, 6.45) is 6.26. The van der Waals surface area contributed by atoms with Crippen LogP contribution in [-0.2, 0) is 9.53 Å². The Morgan fingerprint density at radius 1 is 1.24 bits per heavy atom. The van der Waals surface area contributed by atoms with Crippen molar-refractivity contribution < 1.29 is 14.3 Å². The van der Waals surface area contributed by atoms with E-state index in [2.05, 4.69) is 5.10 Å². The Bertz CT molecular complexity index is 1260. The highest BCUT2D eigenvalue weighted by Crippen LogP contribution is 2.32. The van der Waals surface area contributed by atoms with Gasteiger partial charge in [0, 0.05) is 5.92 Å². The van der Waals surface area contributed by atoms with Crippen LogP contribution >= 0.6 is 11.6 Å². The lowest BCUT2D eigenvalue weighted by Gasteiger charge is -2.22. The van der Waals surface area contributed by atoms with Crippen molar-refractivity contribution in [3.05, 3.63) is 69.2 Å². The van der Waals surface area contributed by atoms with Gasteiger partial charge in [0.25, 0.3) is 5.56 Å². The van der Waals surface area contributed by atoms with E-state index in [1.165, 1.54) is 11.1 Å². The number of carbonyl (C=O) groups excluding carboxylic acids is 1. The fourth-order valence-electron chi connectivity index (χ4n) is 4.19. The van der Waals surface area contributed by atoms with E-state index in [9.17, 15) is 9.59 Å². The number of hydrogen-bond donors (Lipinski definition) is 0. The maximum atomic E-state index is 13.3. The highest BCUT2D eigenvalue weighted by molar-refractivity contribution is 6.32. The quantitative estimate of drug-likeness (QED) is 0.337. The normalized spacial score (nSPS) is 15.5. The molecule has 0 saturated heterocycles. The topological polar surface area (TPSA) is 82.8 Å². The van der Waals surface area contributed by atoms with Gasteiger partial charge in [-0.05, 0) is 62.6 Å². The summed E-state index contributed by atoms with van der Waals surface area (Å²) in [5.74, 6) is 0.815. The Morgan fingerprint density at radius 3 is 2.74 bits per heavy atom. The molecule has 1 fully saturated rings. The number of esters is 1. The molecule has 0 unspecified atom stereocenters. The van der Waals surface area contributed by atoms with Gasteiger partial charge in [-0.2, -0.15) is 9.78 Å². The molecule has 8 heteroatoms. The predicted octanol–water partition coefficient (Wildman–Crippen LogP) is 5.31. The second-order valence-corrected chi connectivity index (χ2v) is 8.79. The second-order valence-electron chi connectivity index (χ2n) is 8.39. The van der Waals surface area contributed by atoms with Crippen LogP contribution in [-0.4, -0.2) is 34.6 Å². The maximum absolute atomic E-state index is 13.3. The lowest BCUT2D eigenvalue weighted by molar-refractivity contribution is -0.150. The third kappa shape index (κ3) is 5.30. The summed E-state index contributed by atoms with van der Waals surface area (Å²) in [6, 6.07) is 12.5. The minimum absolute atomic E-state index is 0.184. The van der Waals surface area contributed by atoms with Crippen LogP contribution < -0.4 is 10.3 Å². The number of fused-ring (bicyclic) bond motifs is 1. The molecule has 2 aromatic carbocycles. The Labute approximate surface area is 203 Å². The molecule has 1 aliphatic rings. The molecule has 178 valence electrons. The molecule has 1 atom stereocenters. The van der Waals surface area contributed by atoms with E-state index in [-0.39, 0.29) is 18.1 Å². The average molecular weight is 482 g/mol. The van der Waals surface area contributed by atoms with E-state index in [0.29, 0.717) is 33.1 Å². The molecule has 0 radical (unpaired) electrons. The lowest BCUT2D eigenvalue weighted by atomic mass is 9.88. The number of aromatic nitrogens is 2. The molecule has 0 bridgehead atoms. The number of nitrogens with zero attached hydrogens (tertiary/aromatic N) is 3. The van der Waals surface area contributed by atoms with E-state index in [1.54, 1.807) is 44.3 Å². The van der Waals surface area contributed by atoms with Crippen molar-refractivity contribution >= 4 is 34.7 Å². The number of para-hydroxylation sites is 1. The average Bonchev–Trinajstić information content (AvgIpc) is 2.85. The smallest absolute Gasteiger partial charge is 0.347 e. The molecule has 1 heterocycles. The SMILES string of the molecule is CCOC(=O)[C@H](C)Oc1ccc(C=Nn2c(C3CCCCC3)nc3ccccc3c2=O)cc1Cl. The van der Waals surface area contributed by atoms with Crippen molar-refractivity contribution in [2.24, 2.45) is 5.10 Å². The largest absolute Gasteiger partial charge is 0.477 e. The van der Waals surface area contributed by atoms with Crippen LogP contribution in [0.3, 0.4) is 0 Å². The van der Waals surface area contributed by atoms with Crippen LogP contribution in [0.4, 0.5) is 0 Å². The van der Waals surface area contributed by atoms with Crippen molar-refractivity contribution in [2.45, 2.75) is 58.0 Å². The maximum Gasteiger partial charge on any atom is 0.347 e. The summed E-state index contributed by atoms with van der Waals surface area (Å²) in [5, 5.41) is 5.39. The van der Waals surface area contributed by atoms with Crippen LogP contribution in [0.5, 0.6) is 5.75 Å². The van der Waals surface area contributed by atoms with Crippen LogP contribution in [0.1, 0.15) is 63.3 Å². The van der Waals surface area contributed by atoms with Gasteiger partial charge in [0.2, 0.25) is 0 Å². The van der Waals surface area contributed by atoms with Gasteiger partial charge in [-0.3, -0.25) is 4.79 Å².